The normalized spacial score (nSPS) is 13.7. The van der Waals surface area contributed by atoms with Gasteiger partial charge in [0, 0.05) is 76.4 Å². The number of aliphatic hydroxyl groups excluding tert-OH is 3. The van der Waals surface area contributed by atoms with Crippen molar-refractivity contribution in [1.82, 2.24) is 19.7 Å². The van der Waals surface area contributed by atoms with Crippen molar-refractivity contribution in [1.29, 1.82) is 5.26 Å². The van der Waals surface area contributed by atoms with Crippen LogP contribution in [0.3, 0.4) is 0 Å². The number of pyridine rings is 1. The predicted octanol–water partition coefficient (Wildman–Crippen LogP) is 12.4. The van der Waals surface area contributed by atoms with E-state index in [1.165, 1.54) is 50.1 Å². The second kappa shape index (κ2) is 34.0. The highest BCUT2D eigenvalue weighted by molar-refractivity contribution is 5.92. The van der Waals surface area contributed by atoms with E-state index in [1.807, 2.05) is 166 Å². The molecule has 10 rings (SSSR count). The Hall–Kier alpha value is -8.97. The topological polar surface area (TPSA) is 178 Å². The van der Waals surface area contributed by atoms with Gasteiger partial charge in [0.25, 0.3) is 0 Å². The minimum absolute atomic E-state index is 0.203. The number of carbonyl (C=O) groups is 1. The number of aliphatic hydroxyl groups is 3. The first kappa shape index (κ1) is 66.0. The summed E-state index contributed by atoms with van der Waals surface area (Å²) in [4.78, 5) is 22.5. The average Bonchev–Trinajstić information content (AvgIpc) is 3.73. The summed E-state index contributed by atoms with van der Waals surface area (Å²) < 4.78 is 17.3. The fraction of sp³-hybridized carbons (Fsp3) is 0.276. The summed E-state index contributed by atoms with van der Waals surface area (Å²) in [5, 5.41) is 41.1. The van der Waals surface area contributed by atoms with Crippen LogP contribution in [0.15, 0.2) is 219 Å². The maximum atomic E-state index is 11.5. The number of nitriles is 1. The van der Waals surface area contributed by atoms with Crippen molar-refractivity contribution in [2.75, 3.05) is 39.5 Å². The molecule has 4 unspecified atom stereocenters. The number of primary amides is 1. The third-order valence-corrected chi connectivity index (χ3v) is 15.6. The van der Waals surface area contributed by atoms with Crippen LogP contribution in [-0.4, -0.2) is 98.7 Å². The van der Waals surface area contributed by atoms with Crippen LogP contribution >= 0.6 is 0 Å². The molecule has 9 aromatic rings. The molecule has 1 aliphatic heterocycles. The van der Waals surface area contributed by atoms with Gasteiger partial charge < -0.3 is 35.3 Å². The smallest absolute Gasteiger partial charge is 0.248 e. The minimum atomic E-state index is -0.662. The van der Waals surface area contributed by atoms with Gasteiger partial charge in [-0.25, -0.2) is 0 Å². The van der Waals surface area contributed by atoms with Gasteiger partial charge in [-0.05, 0) is 158 Å². The highest BCUT2D eigenvalue weighted by Gasteiger charge is 2.29. The number of nitrogens with two attached hydrogens (primary N) is 1. The molecule has 0 aliphatic carbocycles. The molecule has 0 spiro atoms. The van der Waals surface area contributed by atoms with Crippen molar-refractivity contribution in [3.63, 3.8) is 0 Å². The molecule has 2 heterocycles. The van der Waals surface area contributed by atoms with Crippen LogP contribution in [0.1, 0.15) is 88.7 Å². The van der Waals surface area contributed by atoms with Crippen LogP contribution in [0.2, 0.25) is 0 Å². The summed E-state index contributed by atoms with van der Waals surface area (Å²) in [6, 6.07) is 70.0. The number of aryl methyl sites for hydroxylation is 5. The van der Waals surface area contributed by atoms with Crippen LogP contribution in [-0.2, 0) is 39.1 Å². The average molecular weight is 1190 g/mol. The molecule has 4 atom stereocenters. The lowest BCUT2D eigenvalue weighted by molar-refractivity contribution is 0.0438. The van der Waals surface area contributed by atoms with Crippen LogP contribution in [0.25, 0.3) is 0 Å². The predicted molar refractivity (Wildman–Crippen MR) is 352 cm³/mol. The van der Waals surface area contributed by atoms with Crippen molar-refractivity contribution in [3.05, 3.63) is 297 Å². The van der Waals surface area contributed by atoms with E-state index < -0.39 is 24.2 Å². The van der Waals surface area contributed by atoms with Gasteiger partial charge in [0.15, 0.2) is 0 Å². The van der Waals surface area contributed by atoms with E-state index >= 15 is 0 Å². The van der Waals surface area contributed by atoms with Crippen molar-refractivity contribution in [3.8, 4) is 23.3 Å². The molecular weight excluding hydrogens is 1110 g/mol. The fourth-order valence-corrected chi connectivity index (χ4v) is 10.7. The summed E-state index contributed by atoms with van der Waals surface area (Å²) >= 11 is 0. The van der Waals surface area contributed by atoms with Gasteiger partial charge in [0.2, 0.25) is 5.91 Å². The Morgan fingerprint density at radius 3 is 1.52 bits per heavy atom. The first-order chi connectivity index (χ1) is 43.1. The standard InChI is InChI=1S/C26H30N2O3.C26H28N2O2.C24H26N2O2/c1-19-10-12-25(13-11-19)31-18-24(29)17-28(16-23-8-4-3-6-20(23)2)15-21-7-5-9-22(14-21)26(27)30;1-20-10-12-26(13-11-20)30-19-25(29)18-28(17-24-9-4-3-6-21(24)2)16-23-8-5-7-22(14-23)15-27;1-18-8-10-23(11-9-18)28-17-22(27)16-26-15-21-6-3-2-5-19(21)13-24(26)20-7-4-12-25-14-20/h3-14,24,29H,15-18H2,1-2H3,(H2,27,30);3-14,25,29H,16-19H2,1-2H3;2-12,14,22,24,27H,13,15-17H2,1H3. The SMILES string of the molecule is Cc1ccc(OCC(O)CN(Cc2cccc(C#N)c2)Cc2ccccc2C)cc1.Cc1ccc(OCC(O)CN(Cc2cccc(C(N)=O)c2)Cc2ccccc2C)cc1.Cc1ccc(OCC(O)CN2Cc3ccccc3CC2c2cccnc2)cc1. The number of hydrogen-bond acceptors (Lipinski definition) is 12. The molecule has 0 fully saturated rings. The Morgan fingerprint density at radius 1 is 0.562 bits per heavy atom. The zero-order valence-electron chi connectivity index (χ0n) is 51.9. The second-order valence-corrected chi connectivity index (χ2v) is 23.1. The first-order valence-corrected chi connectivity index (χ1v) is 30.4. The Morgan fingerprint density at radius 2 is 1.03 bits per heavy atom. The molecule has 0 radical (unpaired) electrons. The number of nitrogens with zero attached hydrogens (tertiary/aromatic N) is 5. The summed E-state index contributed by atoms with van der Waals surface area (Å²) in [6.45, 7) is 15.9. The van der Waals surface area contributed by atoms with E-state index in [4.69, 9.17) is 19.9 Å². The highest BCUT2D eigenvalue weighted by Crippen LogP contribution is 2.33. The minimum Gasteiger partial charge on any atom is -0.491 e. The van der Waals surface area contributed by atoms with Crippen LogP contribution in [0.5, 0.6) is 17.2 Å². The van der Waals surface area contributed by atoms with Crippen molar-refractivity contribution in [2.45, 2.75) is 98.1 Å². The number of aromatic nitrogens is 1. The van der Waals surface area contributed by atoms with Crippen molar-refractivity contribution >= 4 is 5.91 Å². The Kier molecular flexibility index (Phi) is 25.2. The number of β-amino-alcohol motifs (C(OH)–C–C–N with tert-alkyl or cyclic N) is 1. The molecule has 1 aromatic heterocycles. The van der Waals surface area contributed by atoms with Gasteiger partial charge in [-0.3, -0.25) is 24.5 Å². The molecule has 5 N–H and O–H groups in total. The lowest BCUT2D eigenvalue weighted by atomic mass is 9.90. The number of ether oxygens (including phenoxy) is 3. The zero-order valence-corrected chi connectivity index (χ0v) is 51.9. The Labute approximate surface area is 525 Å². The summed E-state index contributed by atoms with van der Waals surface area (Å²) in [5.74, 6) is 1.84. The van der Waals surface area contributed by atoms with Crippen LogP contribution < -0.4 is 19.9 Å². The summed E-state index contributed by atoms with van der Waals surface area (Å²) in [5.41, 5.74) is 20.8. The summed E-state index contributed by atoms with van der Waals surface area (Å²) in [7, 11) is 0. The molecule has 460 valence electrons. The zero-order chi connectivity index (χ0) is 62.9. The largest absolute Gasteiger partial charge is 0.491 e. The number of fused-ring (bicyclic) bond motifs is 1. The van der Waals surface area contributed by atoms with Crippen molar-refractivity contribution < 1.29 is 34.3 Å². The third-order valence-electron chi connectivity index (χ3n) is 15.6. The maximum Gasteiger partial charge on any atom is 0.248 e. The van der Waals surface area contributed by atoms with Gasteiger partial charge in [0.05, 0.1) is 11.6 Å². The lowest BCUT2D eigenvalue weighted by Gasteiger charge is -2.38. The van der Waals surface area contributed by atoms with E-state index in [0.717, 1.165) is 46.9 Å². The van der Waals surface area contributed by atoms with Crippen LogP contribution in [0.4, 0.5) is 0 Å². The first-order valence-electron chi connectivity index (χ1n) is 30.4. The second-order valence-electron chi connectivity index (χ2n) is 23.1. The lowest BCUT2D eigenvalue weighted by Crippen LogP contribution is -2.41. The Bertz CT molecular complexity index is 3650. The van der Waals surface area contributed by atoms with E-state index in [1.54, 1.807) is 18.3 Å². The number of benzene rings is 8. The monoisotopic (exact) mass is 1190 g/mol. The molecule has 1 aliphatic rings. The number of rotatable bonds is 25. The van der Waals surface area contributed by atoms with Crippen molar-refractivity contribution in [2.24, 2.45) is 5.73 Å². The number of carbonyl (C=O) groups excluding carboxylic acids is 1. The van der Waals surface area contributed by atoms with Gasteiger partial charge >= 0.3 is 0 Å². The van der Waals surface area contributed by atoms with Gasteiger partial charge in [-0.1, -0.05) is 156 Å². The van der Waals surface area contributed by atoms with E-state index in [9.17, 15) is 25.4 Å². The van der Waals surface area contributed by atoms with E-state index in [-0.39, 0.29) is 25.9 Å². The van der Waals surface area contributed by atoms with Gasteiger partial charge in [-0.2, -0.15) is 5.26 Å². The molecule has 13 nitrogen and oxygen atoms in total. The fourth-order valence-electron chi connectivity index (χ4n) is 10.7. The third kappa shape index (κ3) is 21.7. The summed E-state index contributed by atoms with van der Waals surface area (Å²) in [6.07, 6.45) is 2.80. The number of amides is 1. The van der Waals surface area contributed by atoms with Crippen LogP contribution in [0, 0.1) is 45.9 Å². The highest BCUT2D eigenvalue weighted by atomic mass is 16.5. The molecule has 0 saturated carbocycles. The molecular formula is C76H84N6O7. The van der Waals surface area contributed by atoms with Gasteiger partial charge in [-0.15, -0.1) is 0 Å². The molecule has 1 amide bonds. The Balaban J connectivity index is 0.000000173. The molecule has 0 bridgehead atoms. The molecule has 8 aromatic carbocycles. The quantitative estimate of drug-likeness (QED) is 0.0426. The molecule has 0 saturated heterocycles. The number of hydrogen-bond donors (Lipinski definition) is 4. The van der Waals surface area contributed by atoms with E-state index in [0.29, 0.717) is 56.9 Å². The van der Waals surface area contributed by atoms with E-state index in [2.05, 4.69) is 94.2 Å². The molecule has 13 heteroatoms. The maximum absolute atomic E-state index is 11.5. The molecule has 89 heavy (non-hydrogen) atoms. The van der Waals surface area contributed by atoms with Gasteiger partial charge in [0.1, 0.15) is 55.4 Å².